The third kappa shape index (κ3) is 3.39. The van der Waals surface area contributed by atoms with E-state index in [1.54, 1.807) is 18.2 Å². The molecule has 104 valence electrons. The minimum absolute atomic E-state index is 0.0927. The number of hydrogen-bond acceptors (Lipinski definition) is 3. The van der Waals surface area contributed by atoms with Crippen LogP contribution in [0.4, 0.5) is 0 Å². The molecule has 5 heteroatoms. The molecular weight excluding hydrogens is 264 g/mol. The third-order valence-corrected chi connectivity index (χ3v) is 3.67. The van der Waals surface area contributed by atoms with Gasteiger partial charge >= 0.3 is 0 Å². The molecule has 19 heavy (non-hydrogen) atoms. The highest BCUT2D eigenvalue weighted by Crippen LogP contribution is 2.32. The predicted molar refractivity (Wildman–Crippen MR) is 75.7 cm³/mol. The number of hydrogen-bond donors (Lipinski definition) is 2. The van der Waals surface area contributed by atoms with Crippen molar-refractivity contribution in [3.8, 4) is 5.75 Å². The summed E-state index contributed by atoms with van der Waals surface area (Å²) in [6.45, 7) is 2.83. The molecule has 2 rings (SSSR count). The quantitative estimate of drug-likeness (QED) is 0.871. The Morgan fingerprint density at radius 1 is 1.53 bits per heavy atom. The van der Waals surface area contributed by atoms with Gasteiger partial charge in [-0.3, -0.25) is 4.79 Å². The van der Waals surface area contributed by atoms with Crippen molar-refractivity contribution in [2.45, 2.75) is 31.7 Å². The summed E-state index contributed by atoms with van der Waals surface area (Å²) in [7, 11) is 0. The third-order valence-electron chi connectivity index (χ3n) is 3.43. The topological polar surface area (TPSA) is 64.3 Å². The molecule has 0 aliphatic heterocycles. The highest BCUT2D eigenvalue weighted by atomic mass is 35.5. The van der Waals surface area contributed by atoms with Gasteiger partial charge in [-0.1, -0.05) is 11.6 Å². The first kappa shape index (κ1) is 14.2. The van der Waals surface area contributed by atoms with Crippen molar-refractivity contribution in [3.63, 3.8) is 0 Å². The maximum Gasteiger partial charge on any atom is 0.255 e. The second-order valence-electron chi connectivity index (χ2n) is 5.15. The van der Waals surface area contributed by atoms with E-state index in [0.717, 1.165) is 19.3 Å². The molecular formula is C14H19ClN2O2. The zero-order valence-corrected chi connectivity index (χ0v) is 11.8. The number of nitrogens with one attached hydrogen (secondary N) is 1. The van der Waals surface area contributed by atoms with Gasteiger partial charge in [0, 0.05) is 17.1 Å². The average molecular weight is 283 g/mol. The van der Waals surface area contributed by atoms with E-state index in [-0.39, 0.29) is 11.4 Å². The second-order valence-corrected chi connectivity index (χ2v) is 5.58. The molecule has 1 aromatic carbocycles. The first-order chi connectivity index (χ1) is 9.04. The molecule has 1 fully saturated rings. The van der Waals surface area contributed by atoms with Gasteiger partial charge in [-0.25, -0.2) is 0 Å². The van der Waals surface area contributed by atoms with Crippen molar-refractivity contribution in [2.24, 2.45) is 5.73 Å². The van der Waals surface area contributed by atoms with Gasteiger partial charge in [0.05, 0.1) is 5.56 Å². The van der Waals surface area contributed by atoms with Crippen LogP contribution >= 0.6 is 11.6 Å². The van der Waals surface area contributed by atoms with E-state index in [1.807, 2.05) is 0 Å². The molecule has 1 saturated carbocycles. The molecule has 0 radical (unpaired) electrons. The molecule has 1 aliphatic rings. The number of amides is 1. The van der Waals surface area contributed by atoms with Gasteiger partial charge in [0.15, 0.2) is 0 Å². The molecule has 0 aromatic heterocycles. The van der Waals surface area contributed by atoms with E-state index in [1.165, 1.54) is 0 Å². The number of carbonyl (C=O) groups excluding carboxylic acids is 1. The summed E-state index contributed by atoms with van der Waals surface area (Å²) in [6, 6.07) is 5.04. The van der Waals surface area contributed by atoms with Crippen molar-refractivity contribution in [2.75, 3.05) is 13.2 Å². The Balaban J connectivity index is 2.16. The smallest absolute Gasteiger partial charge is 0.255 e. The molecule has 0 saturated heterocycles. The fourth-order valence-corrected chi connectivity index (χ4v) is 2.32. The normalized spacial score (nSPS) is 16.6. The standard InChI is InChI=1S/C14H19ClN2O2/c1-14(5-2-6-14)17-13(18)11-9-10(15)3-4-12(11)19-8-7-16/h3-4,9H,2,5-8,16H2,1H3,(H,17,18). The summed E-state index contributed by atoms with van der Waals surface area (Å²) in [5.74, 6) is 0.381. The van der Waals surface area contributed by atoms with Gasteiger partial charge in [-0.15, -0.1) is 0 Å². The average Bonchev–Trinajstić information content (AvgIpc) is 2.35. The molecule has 4 nitrogen and oxygen atoms in total. The van der Waals surface area contributed by atoms with Crippen LogP contribution in [0, 0.1) is 0 Å². The van der Waals surface area contributed by atoms with Gasteiger partial charge in [-0.05, 0) is 44.4 Å². The number of halogens is 1. The van der Waals surface area contributed by atoms with E-state index in [0.29, 0.717) is 29.5 Å². The van der Waals surface area contributed by atoms with Crippen LogP contribution in [0.25, 0.3) is 0 Å². The number of benzene rings is 1. The fraction of sp³-hybridized carbons (Fsp3) is 0.500. The van der Waals surface area contributed by atoms with Crippen LogP contribution < -0.4 is 15.8 Å². The van der Waals surface area contributed by atoms with Gasteiger partial charge in [0.2, 0.25) is 0 Å². The molecule has 3 N–H and O–H groups in total. The monoisotopic (exact) mass is 282 g/mol. The van der Waals surface area contributed by atoms with E-state index in [9.17, 15) is 4.79 Å². The zero-order valence-electron chi connectivity index (χ0n) is 11.0. The van der Waals surface area contributed by atoms with Crippen molar-refractivity contribution in [1.82, 2.24) is 5.32 Å². The first-order valence-electron chi connectivity index (χ1n) is 6.49. The minimum atomic E-state index is -0.142. The fourth-order valence-electron chi connectivity index (χ4n) is 2.15. The molecule has 0 heterocycles. The van der Waals surface area contributed by atoms with Crippen molar-refractivity contribution in [1.29, 1.82) is 0 Å². The van der Waals surface area contributed by atoms with Crippen LogP contribution in [0.3, 0.4) is 0 Å². The Kier molecular flexibility index (Phi) is 4.32. The maximum atomic E-state index is 12.3. The number of rotatable bonds is 5. The van der Waals surface area contributed by atoms with Crippen molar-refractivity contribution >= 4 is 17.5 Å². The molecule has 1 aliphatic carbocycles. The van der Waals surface area contributed by atoms with Crippen LogP contribution in [0.2, 0.25) is 5.02 Å². The van der Waals surface area contributed by atoms with Crippen LogP contribution in [0.1, 0.15) is 36.5 Å². The van der Waals surface area contributed by atoms with E-state index in [4.69, 9.17) is 22.1 Å². The first-order valence-corrected chi connectivity index (χ1v) is 6.87. The summed E-state index contributed by atoms with van der Waals surface area (Å²) in [5, 5.41) is 3.56. The van der Waals surface area contributed by atoms with E-state index < -0.39 is 0 Å². The molecule has 0 spiro atoms. The summed E-state index contributed by atoms with van der Waals surface area (Å²) < 4.78 is 5.48. The highest BCUT2D eigenvalue weighted by molar-refractivity contribution is 6.31. The van der Waals surface area contributed by atoms with Crippen LogP contribution in [0.5, 0.6) is 5.75 Å². The Morgan fingerprint density at radius 2 is 2.26 bits per heavy atom. The predicted octanol–water partition coefficient (Wildman–Crippen LogP) is 2.35. The Labute approximate surface area is 118 Å². The lowest BCUT2D eigenvalue weighted by Crippen LogP contribution is -2.51. The van der Waals surface area contributed by atoms with Crippen LogP contribution in [-0.4, -0.2) is 24.6 Å². The summed E-state index contributed by atoms with van der Waals surface area (Å²) in [5.41, 5.74) is 5.79. The Hall–Kier alpha value is -1.26. The number of nitrogens with two attached hydrogens (primary N) is 1. The van der Waals surface area contributed by atoms with Crippen LogP contribution in [-0.2, 0) is 0 Å². The summed E-state index contributed by atoms with van der Waals surface area (Å²) in [6.07, 6.45) is 3.18. The summed E-state index contributed by atoms with van der Waals surface area (Å²) >= 11 is 5.95. The van der Waals surface area contributed by atoms with Gasteiger partial charge in [-0.2, -0.15) is 0 Å². The lowest BCUT2D eigenvalue weighted by atomic mass is 9.78. The molecule has 1 aromatic rings. The van der Waals surface area contributed by atoms with E-state index in [2.05, 4.69) is 12.2 Å². The second kappa shape index (κ2) is 5.80. The van der Waals surface area contributed by atoms with Crippen LogP contribution in [0.15, 0.2) is 18.2 Å². The summed E-state index contributed by atoms with van der Waals surface area (Å²) in [4.78, 5) is 12.3. The minimum Gasteiger partial charge on any atom is -0.491 e. The SMILES string of the molecule is CC1(NC(=O)c2cc(Cl)ccc2OCCN)CCC1. The largest absolute Gasteiger partial charge is 0.491 e. The lowest BCUT2D eigenvalue weighted by Gasteiger charge is -2.39. The zero-order chi connectivity index (χ0) is 13.9. The molecule has 0 unspecified atom stereocenters. The molecule has 0 atom stereocenters. The van der Waals surface area contributed by atoms with Crippen molar-refractivity contribution in [3.05, 3.63) is 28.8 Å². The van der Waals surface area contributed by atoms with Crippen molar-refractivity contribution < 1.29 is 9.53 Å². The van der Waals surface area contributed by atoms with E-state index >= 15 is 0 Å². The Bertz CT molecular complexity index is 473. The maximum absolute atomic E-state index is 12.3. The molecule has 1 amide bonds. The highest BCUT2D eigenvalue weighted by Gasteiger charge is 2.34. The van der Waals surface area contributed by atoms with Gasteiger partial charge < -0.3 is 15.8 Å². The van der Waals surface area contributed by atoms with Gasteiger partial charge in [0.1, 0.15) is 12.4 Å². The number of ether oxygens (including phenoxy) is 1. The van der Waals surface area contributed by atoms with Gasteiger partial charge in [0.25, 0.3) is 5.91 Å². The number of carbonyl (C=O) groups is 1. The lowest BCUT2D eigenvalue weighted by molar-refractivity contribution is 0.0846. The Morgan fingerprint density at radius 3 is 2.84 bits per heavy atom. The molecule has 0 bridgehead atoms.